The maximum absolute atomic E-state index is 14.1. The van der Waals surface area contributed by atoms with Gasteiger partial charge < -0.3 is 5.32 Å². The smallest absolute Gasteiger partial charge is 0.250 e. The number of hydrogen-bond donors (Lipinski definition) is 1. The quantitative estimate of drug-likeness (QED) is 0.744. The van der Waals surface area contributed by atoms with E-state index in [1.165, 1.54) is 4.90 Å². The van der Waals surface area contributed by atoms with Crippen LogP contribution in [0, 0.1) is 25.7 Å². The number of para-hydroxylation sites is 1. The molecule has 3 saturated heterocycles. The molecule has 0 aromatic heterocycles. The Labute approximate surface area is 187 Å². The number of anilines is 2. The second-order valence-electron chi connectivity index (χ2n) is 9.61. The average Bonchev–Trinajstić information content (AvgIpc) is 3.47. The van der Waals surface area contributed by atoms with Gasteiger partial charge >= 0.3 is 0 Å². The number of aryl methyl sites for hydroxylation is 3. The standard InChI is InChI=1S/C26H27N3O3/c1-4-16-10-11-18-17(13-16)26(25(32)27-18)21-20(19-9-6-12-28(19)26)23(30)29(24(21)31)22-14(2)7-5-8-15(22)3/h5,7-8,10-11,13,19-21H,4,6,9,12H2,1-3H3,(H,27,32)/t19-,20+,21-,26+/m0/s1. The lowest BCUT2D eigenvalue weighted by atomic mass is 9.75. The lowest BCUT2D eigenvalue weighted by molar-refractivity contribution is -0.135. The molecule has 0 saturated carbocycles. The normalized spacial score (nSPS) is 30.8. The highest BCUT2D eigenvalue weighted by Gasteiger charge is 2.74. The first kappa shape index (κ1) is 19.7. The first-order valence-corrected chi connectivity index (χ1v) is 11.6. The lowest BCUT2D eigenvalue weighted by Crippen LogP contribution is -2.54. The van der Waals surface area contributed by atoms with E-state index in [1.807, 2.05) is 44.2 Å². The monoisotopic (exact) mass is 429 g/mol. The summed E-state index contributed by atoms with van der Waals surface area (Å²) in [6.07, 6.45) is 2.60. The van der Waals surface area contributed by atoms with Crippen LogP contribution >= 0.6 is 0 Å². The molecule has 0 aliphatic carbocycles. The summed E-state index contributed by atoms with van der Waals surface area (Å²) in [5, 5.41) is 3.06. The Bertz CT molecular complexity index is 1180. The number of fused-ring (bicyclic) bond motifs is 7. The van der Waals surface area contributed by atoms with E-state index in [9.17, 15) is 14.4 Å². The fraction of sp³-hybridized carbons (Fsp3) is 0.423. The Morgan fingerprint density at radius 1 is 1.06 bits per heavy atom. The van der Waals surface area contributed by atoms with Crippen LogP contribution in [0.25, 0.3) is 0 Å². The van der Waals surface area contributed by atoms with Crippen molar-refractivity contribution in [3.05, 3.63) is 58.7 Å². The molecular weight excluding hydrogens is 402 g/mol. The number of nitrogens with one attached hydrogen (secondary N) is 1. The molecule has 4 heterocycles. The Morgan fingerprint density at radius 3 is 2.53 bits per heavy atom. The Kier molecular flexibility index (Phi) is 4.01. The molecule has 164 valence electrons. The molecule has 4 aliphatic rings. The summed E-state index contributed by atoms with van der Waals surface area (Å²) in [4.78, 5) is 45.3. The molecule has 4 aliphatic heterocycles. The number of rotatable bonds is 2. The van der Waals surface area contributed by atoms with Gasteiger partial charge in [-0.3, -0.25) is 19.3 Å². The summed E-state index contributed by atoms with van der Waals surface area (Å²) < 4.78 is 0. The van der Waals surface area contributed by atoms with Crippen LogP contribution in [0.5, 0.6) is 0 Å². The number of nitrogens with zero attached hydrogens (tertiary/aromatic N) is 2. The van der Waals surface area contributed by atoms with E-state index in [-0.39, 0.29) is 23.8 Å². The van der Waals surface area contributed by atoms with E-state index in [2.05, 4.69) is 23.2 Å². The van der Waals surface area contributed by atoms with Crippen LogP contribution in [-0.4, -0.2) is 35.2 Å². The highest BCUT2D eigenvalue weighted by molar-refractivity contribution is 6.26. The molecule has 2 aromatic rings. The second-order valence-corrected chi connectivity index (χ2v) is 9.61. The van der Waals surface area contributed by atoms with E-state index in [4.69, 9.17) is 0 Å². The van der Waals surface area contributed by atoms with Crippen LogP contribution < -0.4 is 10.2 Å². The molecule has 3 amide bonds. The van der Waals surface area contributed by atoms with Crippen molar-refractivity contribution in [1.82, 2.24) is 4.90 Å². The predicted octanol–water partition coefficient (Wildman–Crippen LogP) is 3.30. The largest absolute Gasteiger partial charge is 0.324 e. The first-order valence-electron chi connectivity index (χ1n) is 11.6. The third-order valence-corrected chi connectivity index (χ3v) is 8.13. The van der Waals surface area contributed by atoms with Crippen molar-refractivity contribution in [2.45, 2.75) is 51.6 Å². The zero-order valence-corrected chi connectivity index (χ0v) is 18.6. The lowest BCUT2D eigenvalue weighted by Gasteiger charge is -2.37. The molecule has 3 fully saturated rings. The molecule has 0 bridgehead atoms. The highest BCUT2D eigenvalue weighted by atomic mass is 16.2. The van der Waals surface area contributed by atoms with Gasteiger partial charge in [0.2, 0.25) is 17.7 Å². The number of benzene rings is 2. The molecule has 6 heteroatoms. The van der Waals surface area contributed by atoms with Crippen molar-refractivity contribution in [3.63, 3.8) is 0 Å². The summed E-state index contributed by atoms with van der Waals surface area (Å²) in [6, 6.07) is 11.8. The van der Waals surface area contributed by atoms with E-state index >= 15 is 0 Å². The number of carbonyl (C=O) groups excluding carboxylic acids is 3. The van der Waals surface area contributed by atoms with Gasteiger partial charge in [-0.05, 0) is 62.4 Å². The molecule has 0 radical (unpaired) electrons. The molecule has 1 N–H and O–H groups in total. The predicted molar refractivity (Wildman–Crippen MR) is 121 cm³/mol. The number of amides is 3. The van der Waals surface area contributed by atoms with Gasteiger partial charge in [0.25, 0.3) is 0 Å². The third-order valence-electron chi connectivity index (χ3n) is 8.13. The van der Waals surface area contributed by atoms with Crippen LogP contribution in [0.3, 0.4) is 0 Å². The Balaban J connectivity index is 1.58. The zero-order chi connectivity index (χ0) is 22.4. The van der Waals surface area contributed by atoms with Gasteiger partial charge in [0, 0.05) is 17.3 Å². The Morgan fingerprint density at radius 2 is 1.81 bits per heavy atom. The van der Waals surface area contributed by atoms with Gasteiger partial charge in [-0.15, -0.1) is 0 Å². The fourth-order valence-corrected chi connectivity index (χ4v) is 6.85. The molecular formula is C26H27N3O3. The van der Waals surface area contributed by atoms with Crippen LogP contribution in [-0.2, 0) is 26.3 Å². The summed E-state index contributed by atoms with van der Waals surface area (Å²) >= 11 is 0. The van der Waals surface area contributed by atoms with E-state index in [0.29, 0.717) is 5.69 Å². The first-order chi connectivity index (χ1) is 15.4. The summed E-state index contributed by atoms with van der Waals surface area (Å²) in [5.74, 6) is -1.75. The van der Waals surface area contributed by atoms with Crippen molar-refractivity contribution < 1.29 is 14.4 Å². The molecule has 2 aromatic carbocycles. The molecule has 32 heavy (non-hydrogen) atoms. The van der Waals surface area contributed by atoms with Gasteiger partial charge in [0.1, 0.15) is 5.54 Å². The maximum Gasteiger partial charge on any atom is 0.250 e. The molecule has 6 rings (SSSR count). The van der Waals surface area contributed by atoms with Gasteiger partial charge in [0.15, 0.2) is 0 Å². The second kappa shape index (κ2) is 6.51. The van der Waals surface area contributed by atoms with Crippen molar-refractivity contribution in [1.29, 1.82) is 0 Å². The van der Waals surface area contributed by atoms with Crippen LogP contribution in [0.1, 0.15) is 42.0 Å². The van der Waals surface area contributed by atoms with Crippen molar-refractivity contribution in [3.8, 4) is 0 Å². The minimum atomic E-state index is -1.11. The topological polar surface area (TPSA) is 69.7 Å². The minimum Gasteiger partial charge on any atom is -0.324 e. The van der Waals surface area contributed by atoms with Gasteiger partial charge in [-0.1, -0.05) is 37.3 Å². The highest BCUT2D eigenvalue weighted by Crippen LogP contribution is 2.61. The number of imide groups is 1. The summed E-state index contributed by atoms with van der Waals surface area (Å²) in [7, 11) is 0. The van der Waals surface area contributed by atoms with Crippen LogP contribution in [0.15, 0.2) is 36.4 Å². The number of hydrogen-bond acceptors (Lipinski definition) is 4. The van der Waals surface area contributed by atoms with Crippen LogP contribution in [0.2, 0.25) is 0 Å². The number of carbonyl (C=O) groups is 3. The van der Waals surface area contributed by atoms with Crippen molar-refractivity contribution >= 4 is 29.1 Å². The Hall–Kier alpha value is -2.99. The van der Waals surface area contributed by atoms with Gasteiger partial charge in [-0.2, -0.15) is 0 Å². The molecule has 4 atom stereocenters. The van der Waals surface area contributed by atoms with E-state index in [1.54, 1.807) is 0 Å². The summed E-state index contributed by atoms with van der Waals surface area (Å²) in [5.41, 5.74) is 4.13. The zero-order valence-electron chi connectivity index (χ0n) is 18.6. The van der Waals surface area contributed by atoms with Gasteiger partial charge in [0.05, 0.1) is 17.5 Å². The third kappa shape index (κ3) is 2.16. The maximum atomic E-state index is 14.1. The van der Waals surface area contributed by atoms with E-state index in [0.717, 1.165) is 53.7 Å². The molecule has 6 nitrogen and oxygen atoms in total. The van der Waals surface area contributed by atoms with Crippen molar-refractivity contribution in [2.24, 2.45) is 11.8 Å². The SMILES string of the molecule is CCc1ccc2c(c1)[C@]1(C(=O)N2)[C@@H]2C(=O)N(c3c(C)cccc3C)C(=O)[C@@H]2[C@@H]2CCCN21. The molecule has 0 unspecified atom stereocenters. The fourth-order valence-electron chi connectivity index (χ4n) is 6.85. The minimum absolute atomic E-state index is 0.0900. The average molecular weight is 430 g/mol. The van der Waals surface area contributed by atoms with Gasteiger partial charge in [-0.25, -0.2) is 4.90 Å². The van der Waals surface area contributed by atoms with Crippen molar-refractivity contribution in [2.75, 3.05) is 16.8 Å². The molecule has 1 spiro atoms. The van der Waals surface area contributed by atoms with Crippen LogP contribution in [0.4, 0.5) is 11.4 Å². The van der Waals surface area contributed by atoms with E-state index < -0.39 is 17.4 Å². The summed E-state index contributed by atoms with van der Waals surface area (Å²) in [6.45, 7) is 6.67.